The van der Waals surface area contributed by atoms with Gasteiger partial charge in [-0.2, -0.15) is 0 Å². The van der Waals surface area contributed by atoms with Crippen LogP contribution >= 0.6 is 0 Å². The maximum atomic E-state index is 12.3. The Morgan fingerprint density at radius 2 is 0.893 bits per heavy atom. The van der Waals surface area contributed by atoms with Gasteiger partial charge in [-0.25, -0.2) is 9.98 Å². The maximum Gasteiger partial charge on any atom is 0.294 e. The summed E-state index contributed by atoms with van der Waals surface area (Å²) in [4.78, 5) is 30.8. The number of hydrogen-bond acceptors (Lipinski definition) is 12. The van der Waals surface area contributed by atoms with E-state index in [1.165, 1.54) is 36.4 Å². The number of aryl methyl sites for hydroxylation is 2. The van der Waals surface area contributed by atoms with Crippen LogP contribution in [0.3, 0.4) is 0 Å². The third-order valence-electron chi connectivity index (χ3n) is 9.81. The quantitative estimate of drug-likeness (QED) is 0.0353. The van der Waals surface area contributed by atoms with Gasteiger partial charge in [-0.15, -0.1) is 0 Å². The normalized spacial score (nSPS) is 11.9. The fraction of sp³-hybridized carbons (Fsp3) is 0.190. The number of aliphatic imine (C=N–C) groups is 2. The molecule has 6 N–H and O–H groups in total. The number of benzene rings is 6. The Balaban J connectivity index is 1.73. The van der Waals surface area contributed by atoms with Crippen LogP contribution in [0.5, 0.6) is 34.5 Å². The zero-order chi connectivity index (χ0) is 40.9. The van der Waals surface area contributed by atoms with Gasteiger partial charge in [-0.05, 0) is 59.7 Å². The van der Waals surface area contributed by atoms with E-state index >= 15 is 0 Å². The molecule has 6 aromatic carbocycles. The van der Waals surface area contributed by atoms with Crippen molar-refractivity contribution < 1.29 is 40.5 Å². The second-order valence-electron chi connectivity index (χ2n) is 14.0. The van der Waals surface area contributed by atoms with Crippen LogP contribution in [0.1, 0.15) is 72.9 Å². The van der Waals surface area contributed by atoms with Crippen LogP contribution in [0, 0.1) is 34.1 Å². The summed E-state index contributed by atoms with van der Waals surface area (Å²) < 4.78 is 0. The van der Waals surface area contributed by atoms with E-state index in [9.17, 15) is 50.9 Å². The standard InChI is InChI=1S/C42H38N4O10/c1-19(2)31-23-15-21(5)33(39(49)35(23)25(37(47)41(31)51)17-43-27-11-7-9-13-29(27)45(53)54)34-22(6)16-24-32(20(3)4)42(52)38(48)26(36(24)40(34)50)18-44-28-12-8-10-14-30(28)46(55)56/h7-20,47-52H,1-6H3. The topological polar surface area (TPSA) is 232 Å². The van der Waals surface area contributed by atoms with Crippen molar-refractivity contribution in [2.75, 3.05) is 0 Å². The summed E-state index contributed by atoms with van der Waals surface area (Å²) >= 11 is 0. The second-order valence-corrected chi connectivity index (χ2v) is 14.0. The summed E-state index contributed by atoms with van der Waals surface area (Å²) in [6.45, 7) is 10.5. The molecule has 0 heterocycles. The molecule has 0 fully saturated rings. The van der Waals surface area contributed by atoms with Gasteiger partial charge in [0.05, 0.1) is 21.0 Å². The molecule has 0 radical (unpaired) electrons. The van der Waals surface area contributed by atoms with Crippen molar-refractivity contribution in [3.63, 3.8) is 0 Å². The molecule has 0 aliphatic rings. The minimum absolute atomic E-state index is 0.0282. The highest BCUT2D eigenvalue weighted by Gasteiger charge is 2.30. The first-order valence-electron chi connectivity index (χ1n) is 17.5. The lowest BCUT2D eigenvalue weighted by Gasteiger charge is -2.23. The molecule has 56 heavy (non-hydrogen) atoms. The SMILES string of the molecule is Cc1cc2c(C(C)C)c(O)c(O)c(C=Nc3ccccc3[N+](=O)[O-])c2c(O)c1-c1c(C)cc2c(C(C)C)c(O)c(O)c(C=Nc3ccccc3[N+](=O)[O-])c2c1O. The average Bonchev–Trinajstić information content (AvgIpc) is 3.13. The van der Waals surface area contributed by atoms with E-state index in [1.54, 1.807) is 65.8 Å². The summed E-state index contributed by atoms with van der Waals surface area (Å²) in [5, 5.41) is 94.2. The zero-order valence-electron chi connectivity index (χ0n) is 31.2. The van der Waals surface area contributed by atoms with E-state index in [0.717, 1.165) is 12.4 Å². The maximum absolute atomic E-state index is 12.3. The predicted octanol–water partition coefficient (Wildman–Crippen LogP) is 10.1. The number of phenolic OH excluding ortho intramolecular Hbond substituents is 6. The summed E-state index contributed by atoms with van der Waals surface area (Å²) in [5.41, 5.74) is 0.653. The van der Waals surface area contributed by atoms with Crippen molar-refractivity contribution in [1.82, 2.24) is 0 Å². The van der Waals surface area contributed by atoms with Crippen molar-refractivity contribution in [2.24, 2.45) is 9.98 Å². The number of hydrogen-bond donors (Lipinski definition) is 6. The molecule has 0 bridgehead atoms. The average molecular weight is 759 g/mol. The minimum atomic E-state index is -0.636. The van der Waals surface area contributed by atoms with Crippen LogP contribution < -0.4 is 0 Å². The summed E-state index contributed by atoms with van der Waals surface area (Å²) in [6.07, 6.45) is 2.23. The van der Waals surface area contributed by atoms with Crippen LogP contribution in [-0.4, -0.2) is 52.9 Å². The smallest absolute Gasteiger partial charge is 0.294 e. The molecule has 0 spiro atoms. The molecule has 0 aliphatic heterocycles. The highest BCUT2D eigenvalue weighted by atomic mass is 16.6. The van der Waals surface area contributed by atoms with Crippen molar-refractivity contribution in [3.05, 3.63) is 114 Å². The molecule has 0 aromatic heterocycles. The van der Waals surface area contributed by atoms with Gasteiger partial charge in [0, 0.05) is 57.6 Å². The lowest BCUT2D eigenvalue weighted by molar-refractivity contribution is -0.384. The van der Waals surface area contributed by atoms with Gasteiger partial charge in [-0.1, -0.05) is 64.1 Å². The van der Waals surface area contributed by atoms with Gasteiger partial charge in [0.25, 0.3) is 11.4 Å². The molecule has 286 valence electrons. The molecule has 0 unspecified atom stereocenters. The first-order chi connectivity index (χ1) is 26.5. The number of rotatable bonds is 9. The molecule has 14 nitrogen and oxygen atoms in total. The Kier molecular flexibility index (Phi) is 10.0. The molecular formula is C42H38N4O10. The Morgan fingerprint density at radius 1 is 0.554 bits per heavy atom. The van der Waals surface area contributed by atoms with Crippen LogP contribution in [0.2, 0.25) is 0 Å². The van der Waals surface area contributed by atoms with E-state index in [2.05, 4.69) is 9.98 Å². The molecule has 0 amide bonds. The highest BCUT2D eigenvalue weighted by Crippen LogP contribution is 2.54. The fourth-order valence-electron chi connectivity index (χ4n) is 7.35. The second kappa shape index (κ2) is 14.5. The Morgan fingerprint density at radius 3 is 1.21 bits per heavy atom. The van der Waals surface area contributed by atoms with E-state index in [0.29, 0.717) is 33.0 Å². The number of nitro groups is 2. The number of fused-ring (bicyclic) bond motifs is 2. The monoisotopic (exact) mass is 758 g/mol. The highest BCUT2D eigenvalue weighted by molar-refractivity contribution is 6.15. The lowest BCUT2D eigenvalue weighted by Crippen LogP contribution is -2.01. The number of aromatic hydroxyl groups is 6. The van der Waals surface area contributed by atoms with Crippen LogP contribution in [-0.2, 0) is 0 Å². The number of nitrogens with zero attached hydrogens (tertiary/aromatic N) is 4. The first kappa shape index (κ1) is 38.5. The van der Waals surface area contributed by atoms with Crippen LogP contribution in [0.15, 0.2) is 70.6 Å². The summed E-state index contributed by atoms with van der Waals surface area (Å²) in [5.74, 6) is -3.79. The molecule has 0 atom stereocenters. The lowest BCUT2D eigenvalue weighted by atomic mass is 9.83. The van der Waals surface area contributed by atoms with Gasteiger partial charge < -0.3 is 30.6 Å². The number of para-hydroxylation sites is 4. The Bertz CT molecular complexity index is 2520. The summed E-state index contributed by atoms with van der Waals surface area (Å²) in [7, 11) is 0. The molecule has 6 aromatic rings. The Hall–Kier alpha value is -7.22. The van der Waals surface area contributed by atoms with Gasteiger partial charge in [0.2, 0.25) is 0 Å². The molecule has 6 rings (SSSR count). The van der Waals surface area contributed by atoms with Crippen molar-refractivity contribution in [3.8, 4) is 45.6 Å². The van der Waals surface area contributed by atoms with Crippen molar-refractivity contribution in [1.29, 1.82) is 0 Å². The molecule has 0 saturated heterocycles. The molecule has 14 heteroatoms. The molecular weight excluding hydrogens is 720 g/mol. The third kappa shape index (κ3) is 6.30. The first-order valence-corrected chi connectivity index (χ1v) is 17.5. The zero-order valence-corrected chi connectivity index (χ0v) is 31.2. The van der Waals surface area contributed by atoms with E-state index < -0.39 is 44.3 Å². The van der Waals surface area contributed by atoms with Gasteiger partial charge >= 0.3 is 0 Å². The van der Waals surface area contributed by atoms with Crippen LogP contribution in [0.4, 0.5) is 22.7 Å². The molecule has 0 saturated carbocycles. The van der Waals surface area contributed by atoms with Gasteiger partial charge in [-0.3, -0.25) is 20.2 Å². The van der Waals surface area contributed by atoms with Crippen molar-refractivity contribution >= 4 is 56.7 Å². The third-order valence-corrected chi connectivity index (χ3v) is 9.81. The number of nitro benzene ring substituents is 2. The largest absolute Gasteiger partial charge is 0.507 e. The molecule has 0 aliphatic carbocycles. The number of phenols is 6. The van der Waals surface area contributed by atoms with E-state index in [1.807, 2.05) is 0 Å². The van der Waals surface area contributed by atoms with E-state index in [-0.39, 0.29) is 67.6 Å². The van der Waals surface area contributed by atoms with Gasteiger partial charge in [0.15, 0.2) is 23.0 Å². The van der Waals surface area contributed by atoms with Crippen LogP contribution in [0.25, 0.3) is 32.7 Å². The van der Waals surface area contributed by atoms with E-state index in [4.69, 9.17) is 0 Å². The summed E-state index contributed by atoms with van der Waals surface area (Å²) in [6, 6.07) is 14.7. The fourth-order valence-corrected chi connectivity index (χ4v) is 7.35. The predicted molar refractivity (Wildman–Crippen MR) is 215 cm³/mol. The van der Waals surface area contributed by atoms with Crippen molar-refractivity contribution in [2.45, 2.75) is 53.4 Å². The minimum Gasteiger partial charge on any atom is -0.507 e. The Labute approximate surface area is 319 Å². The van der Waals surface area contributed by atoms with Gasteiger partial charge in [0.1, 0.15) is 22.9 Å².